The SMILES string of the molecule is CNc1c(-c2cn3c(n2)sc2cc(OC)ccc23)nc2cc(C#N)ccn12. The minimum Gasteiger partial charge on any atom is -0.497 e. The Balaban J connectivity index is 1.72. The third kappa shape index (κ3) is 2.26. The van der Waals surface area contributed by atoms with Crippen molar-refractivity contribution in [2.24, 2.45) is 0 Å². The monoisotopic (exact) mass is 374 g/mol. The summed E-state index contributed by atoms with van der Waals surface area (Å²) in [5.74, 6) is 1.67. The Bertz CT molecular complexity index is 1370. The van der Waals surface area contributed by atoms with Gasteiger partial charge in [0.1, 0.15) is 28.6 Å². The first-order chi connectivity index (χ1) is 13.2. The number of fused-ring (bicyclic) bond motifs is 4. The number of rotatable bonds is 3. The molecule has 0 aliphatic heterocycles. The molecule has 4 aromatic heterocycles. The summed E-state index contributed by atoms with van der Waals surface area (Å²) in [6.07, 6.45) is 3.84. The molecule has 0 saturated heterocycles. The molecule has 8 heteroatoms. The lowest BCUT2D eigenvalue weighted by Gasteiger charge is -2.02. The van der Waals surface area contributed by atoms with Crippen LogP contribution in [0.2, 0.25) is 0 Å². The van der Waals surface area contributed by atoms with Crippen LogP contribution >= 0.6 is 11.3 Å². The number of methoxy groups -OCH3 is 1. The fourth-order valence-electron chi connectivity index (χ4n) is 3.25. The van der Waals surface area contributed by atoms with E-state index in [1.54, 1.807) is 30.6 Å². The molecule has 1 N–H and O–H groups in total. The Morgan fingerprint density at radius 1 is 1.19 bits per heavy atom. The summed E-state index contributed by atoms with van der Waals surface area (Å²) < 4.78 is 10.4. The van der Waals surface area contributed by atoms with Gasteiger partial charge in [0.25, 0.3) is 0 Å². The molecule has 0 unspecified atom stereocenters. The lowest BCUT2D eigenvalue weighted by atomic mass is 10.3. The van der Waals surface area contributed by atoms with E-state index in [9.17, 15) is 0 Å². The predicted octanol–water partition coefficient (Wildman–Crippen LogP) is 3.79. The van der Waals surface area contributed by atoms with Crippen molar-refractivity contribution in [3.63, 3.8) is 0 Å². The average molecular weight is 374 g/mol. The van der Waals surface area contributed by atoms with Gasteiger partial charge in [0.2, 0.25) is 0 Å². The molecule has 5 rings (SSSR count). The molecule has 0 amide bonds. The molecule has 0 aliphatic rings. The normalized spacial score (nSPS) is 11.3. The van der Waals surface area contributed by atoms with E-state index >= 15 is 0 Å². The Labute approximate surface area is 158 Å². The fraction of sp³-hybridized carbons (Fsp3) is 0.105. The summed E-state index contributed by atoms with van der Waals surface area (Å²) in [5.41, 5.74) is 3.90. The van der Waals surface area contributed by atoms with Gasteiger partial charge in [0.05, 0.1) is 29.0 Å². The molecule has 4 heterocycles. The zero-order valence-corrected chi connectivity index (χ0v) is 15.4. The second-order valence-corrected chi connectivity index (χ2v) is 7.04. The van der Waals surface area contributed by atoms with Gasteiger partial charge in [-0.15, -0.1) is 0 Å². The number of imidazole rings is 2. The van der Waals surface area contributed by atoms with E-state index in [0.29, 0.717) is 11.2 Å². The van der Waals surface area contributed by atoms with Crippen LogP contribution in [0.5, 0.6) is 5.75 Å². The van der Waals surface area contributed by atoms with Crippen LogP contribution in [0, 0.1) is 11.3 Å². The number of hydrogen-bond donors (Lipinski definition) is 1. The zero-order chi connectivity index (χ0) is 18.5. The van der Waals surface area contributed by atoms with Crippen LogP contribution in [0.4, 0.5) is 5.82 Å². The number of thiazole rings is 1. The maximum absolute atomic E-state index is 9.13. The molecule has 1 aromatic carbocycles. The maximum Gasteiger partial charge on any atom is 0.195 e. The van der Waals surface area contributed by atoms with Gasteiger partial charge in [-0.05, 0) is 30.3 Å². The van der Waals surface area contributed by atoms with E-state index < -0.39 is 0 Å². The van der Waals surface area contributed by atoms with E-state index in [0.717, 1.165) is 38.1 Å². The van der Waals surface area contributed by atoms with Crippen LogP contribution in [-0.2, 0) is 0 Å². The van der Waals surface area contributed by atoms with Gasteiger partial charge in [-0.1, -0.05) is 11.3 Å². The van der Waals surface area contributed by atoms with Crippen LogP contribution in [0.15, 0.2) is 42.7 Å². The molecule has 7 nitrogen and oxygen atoms in total. The number of anilines is 1. The molecule has 0 aliphatic carbocycles. The minimum absolute atomic E-state index is 0.576. The smallest absolute Gasteiger partial charge is 0.195 e. The Morgan fingerprint density at radius 3 is 2.85 bits per heavy atom. The Morgan fingerprint density at radius 2 is 2.07 bits per heavy atom. The summed E-state index contributed by atoms with van der Waals surface area (Å²) >= 11 is 1.61. The largest absolute Gasteiger partial charge is 0.497 e. The fourth-order valence-corrected chi connectivity index (χ4v) is 4.29. The summed E-state index contributed by atoms with van der Waals surface area (Å²) in [6, 6.07) is 11.7. The Hall–Kier alpha value is -3.57. The van der Waals surface area contributed by atoms with Gasteiger partial charge in [-0.3, -0.25) is 8.80 Å². The van der Waals surface area contributed by atoms with Gasteiger partial charge >= 0.3 is 0 Å². The standard InChI is InChI=1S/C19H14N6OS/c1-21-18-17(23-16-7-11(9-20)5-6-24(16)18)13-10-25-14-4-3-12(26-2)8-15(14)27-19(25)22-13/h3-8,10,21H,1-2H3. The maximum atomic E-state index is 9.13. The van der Waals surface area contributed by atoms with Crippen molar-refractivity contribution < 1.29 is 4.74 Å². The topological polar surface area (TPSA) is 79.7 Å². The highest BCUT2D eigenvalue weighted by Gasteiger charge is 2.18. The van der Waals surface area contributed by atoms with Crippen molar-refractivity contribution in [2.75, 3.05) is 19.5 Å². The van der Waals surface area contributed by atoms with E-state index in [2.05, 4.69) is 15.8 Å². The number of pyridine rings is 1. The average Bonchev–Trinajstić information content (AvgIpc) is 3.36. The minimum atomic E-state index is 0.576. The van der Waals surface area contributed by atoms with Gasteiger partial charge in [-0.2, -0.15) is 5.26 Å². The molecule has 5 aromatic rings. The van der Waals surface area contributed by atoms with Gasteiger partial charge < -0.3 is 10.1 Å². The summed E-state index contributed by atoms with van der Waals surface area (Å²) in [5, 5.41) is 12.3. The van der Waals surface area contributed by atoms with E-state index in [1.807, 2.05) is 42.0 Å². The number of nitrogens with one attached hydrogen (secondary N) is 1. The van der Waals surface area contributed by atoms with Crippen molar-refractivity contribution in [3.05, 3.63) is 48.3 Å². The van der Waals surface area contributed by atoms with E-state index in [-0.39, 0.29) is 0 Å². The van der Waals surface area contributed by atoms with Crippen LogP contribution in [0.1, 0.15) is 5.56 Å². The lowest BCUT2D eigenvalue weighted by Crippen LogP contribution is -1.95. The molecular formula is C19H14N6OS. The third-order valence-corrected chi connectivity index (χ3v) is 5.55. The number of ether oxygens (including phenoxy) is 1. The van der Waals surface area contributed by atoms with E-state index in [1.165, 1.54) is 0 Å². The van der Waals surface area contributed by atoms with Crippen LogP contribution in [0.25, 0.3) is 32.2 Å². The highest BCUT2D eigenvalue weighted by molar-refractivity contribution is 7.23. The third-order valence-electron chi connectivity index (χ3n) is 4.54. The number of nitriles is 1. The van der Waals surface area contributed by atoms with Gasteiger partial charge in [0, 0.05) is 19.4 Å². The molecule has 0 radical (unpaired) electrons. The molecular weight excluding hydrogens is 360 g/mol. The zero-order valence-electron chi connectivity index (χ0n) is 14.6. The molecule has 0 atom stereocenters. The summed E-state index contributed by atoms with van der Waals surface area (Å²) in [4.78, 5) is 10.4. The highest BCUT2D eigenvalue weighted by atomic mass is 32.1. The van der Waals surface area contributed by atoms with Crippen molar-refractivity contribution in [1.29, 1.82) is 5.26 Å². The second kappa shape index (κ2) is 5.72. The quantitative estimate of drug-likeness (QED) is 0.520. The van der Waals surface area contributed by atoms with E-state index in [4.69, 9.17) is 20.0 Å². The molecule has 0 bridgehead atoms. The lowest BCUT2D eigenvalue weighted by molar-refractivity contribution is 0.415. The molecule has 0 fully saturated rings. The van der Waals surface area contributed by atoms with Gasteiger partial charge in [0.15, 0.2) is 4.96 Å². The second-order valence-electron chi connectivity index (χ2n) is 6.03. The van der Waals surface area contributed by atoms with Crippen LogP contribution in [-0.4, -0.2) is 32.9 Å². The van der Waals surface area contributed by atoms with Crippen molar-refractivity contribution >= 4 is 38.0 Å². The summed E-state index contributed by atoms with van der Waals surface area (Å²) in [6.45, 7) is 0. The first kappa shape index (κ1) is 15.7. The first-order valence-electron chi connectivity index (χ1n) is 8.28. The van der Waals surface area contributed by atoms with Crippen molar-refractivity contribution in [2.45, 2.75) is 0 Å². The van der Waals surface area contributed by atoms with Crippen LogP contribution < -0.4 is 10.1 Å². The van der Waals surface area contributed by atoms with Crippen molar-refractivity contribution in [3.8, 4) is 23.2 Å². The first-order valence-corrected chi connectivity index (χ1v) is 9.09. The summed E-state index contributed by atoms with van der Waals surface area (Å²) in [7, 11) is 3.52. The van der Waals surface area contributed by atoms with Crippen molar-refractivity contribution in [1.82, 2.24) is 18.8 Å². The highest BCUT2D eigenvalue weighted by Crippen LogP contribution is 2.34. The molecule has 132 valence electrons. The van der Waals surface area contributed by atoms with Gasteiger partial charge in [-0.25, -0.2) is 9.97 Å². The number of benzene rings is 1. The number of aromatic nitrogens is 4. The predicted molar refractivity (Wildman–Crippen MR) is 106 cm³/mol. The molecule has 27 heavy (non-hydrogen) atoms. The molecule has 0 spiro atoms. The number of hydrogen-bond acceptors (Lipinski definition) is 6. The molecule has 0 saturated carbocycles. The van der Waals surface area contributed by atoms with Crippen LogP contribution in [0.3, 0.4) is 0 Å². The number of nitrogens with zero attached hydrogens (tertiary/aromatic N) is 5. The Kier molecular flexibility index (Phi) is 3.32.